The molecule has 1 aromatic carbocycles. The minimum absolute atomic E-state index is 0.334. The number of hydrogen-bond acceptors (Lipinski definition) is 5. The van der Waals surface area contributed by atoms with Gasteiger partial charge < -0.3 is 5.32 Å². The number of nitrogens with zero attached hydrogens (tertiary/aromatic N) is 4. The van der Waals surface area contributed by atoms with Crippen LogP contribution in [0.2, 0.25) is 0 Å². The zero-order chi connectivity index (χ0) is 18.6. The molecule has 136 valence electrons. The first-order chi connectivity index (χ1) is 13.2. The second-order valence-corrected chi connectivity index (χ2v) is 6.05. The maximum atomic E-state index is 13.6. The Kier molecular flexibility index (Phi) is 4.61. The Bertz CT molecular complexity index is 965. The van der Waals surface area contributed by atoms with Gasteiger partial charge in [-0.1, -0.05) is 12.1 Å². The minimum Gasteiger partial charge on any atom is -0.382 e. The lowest BCUT2D eigenvalue weighted by Crippen LogP contribution is -2.36. The first-order valence-corrected chi connectivity index (χ1v) is 8.58. The van der Waals surface area contributed by atoms with E-state index < -0.39 is 0 Å². The first-order valence-electron chi connectivity index (χ1n) is 8.58. The fraction of sp³-hybridized carbons (Fsp3) is 0.158. The number of nitrogens with one attached hydrogen (secondary N) is 2. The molecule has 7 nitrogen and oxygen atoms in total. The summed E-state index contributed by atoms with van der Waals surface area (Å²) in [5.41, 5.74) is 1.99. The van der Waals surface area contributed by atoms with Crippen molar-refractivity contribution in [2.45, 2.75) is 6.42 Å². The van der Waals surface area contributed by atoms with Crippen LogP contribution in [0.25, 0.3) is 11.3 Å². The van der Waals surface area contributed by atoms with Crippen LogP contribution in [0.15, 0.2) is 54.7 Å². The molecule has 0 saturated carbocycles. The number of rotatable bonds is 2. The number of fused-ring (bicyclic) bond motifs is 1. The van der Waals surface area contributed by atoms with Crippen molar-refractivity contribution in [1.82, 2.24) is 15.2 Å². The molecule has 8 heteroatoms. The lowest BCUT2D eigenvalue weighted by molar-refractivity contribution is 0.256. The molecular formula is C19H17FN6O. The average molecular weight is 364 g/mol. The topological polar surface area (TPSA) is 83.0 Å². The van der Waals surface area contributed by atoms with Crippen molar-refractivity contribution in [2.24, 2.45) is 0 Å². The zero-order valence-electron chi connectivity index (χ0n) is 14.4. The molecule has 0 unspecified atom stereocenters. The molecule has 0 atom stereocenters. The molecule has 0 bridgehead atoms. The second-order valence-electron chi connectivity index (χ2n) is 6.05. The summed E-state index contributed by atoms with van der Waals surface area (Å²) in [6.07, 6.45) is 2.30. The average Bonchev–Trinajstić information content (AvgIpc) is 2.90. The van der Waals surface area contributed by atoms with E-state index in [-0.39, 0.29) is 11.8 Å². The lowest BCUT2D eigenvalue weighted by Gasteiger charge is -2.22. The molecule has 2 N–H and O–H groups in total. The van der Waals surface area contributed by atoms with Gasteiger partial charge in [0.15, 0.2) is 11.6 Å². The van der Waals surface area contributed by atoms with E-state index in [4.69, 9.17) is 0 Å². The second kappa shape index (κ2) is 7.36. The monoisotopic (exact) mass is 364 g/mol. The van der Waals surface area contributed by atoms with E-state index in [1.807, 2.05) is 12.1 Å². The number of pyridine rings is 1. The SMILES string of the molecule is O=C(Nc1cccnn1)N1CCCNc2ccc(-c3cccc(F)c3)nc21. The Morgan fingerprint density at radius 2 is 2.11 bits per heavy atom. The number of aromatic nitrogens is 3. The third kappa shape index (κ3) is 3.69. The van der Waals surface area contributed by atoms with Crippen molar-refractivity contribution in [2.75, 3.05) is 28.6 Å². The molecule has 3 aromatic rings. The maximum Gasteiger partial charge on any atom is 0.328 e. The van der Waals surface area contributed by atoms with Crippen molar-refractivity contribution in [3.63, 3.8) is 0 Å². The highest BCUT2D eigenvalue weighted by atomic mass is 19.1. The van der Waals surface area contributed by atoms with E-state index in [0.717, 1.165) is 18.7 Å². The highest BCUT2D eigenvalue weighted by Crippen LogP contribution is 2.30. The third-order valence-electron chi connectivity index (χ3n) is 4.18. The molecule has 2 amide bonds. The van der Waals surface area contributed by atoms with Crippen LogP contribution in [0.3, 0.4) is 0 Å². The molecule has 1 aliphatic rings. The van der Waals surface area contributed by atoms with Gasteiger partial charge in [0.25, 0.3) is 0 Å². The number of halogens is 1. The van der Waals surface area contributed by atoms with Gasteiger partial charge in [0.05, 0.1) is 11.4 Å². The fourth-order valence-electron chi connectivity index (χ4n) is 2.91. The lowest BCUT2D eigenvalue weighted by atomic mass is 10.1. The van der Waals surface area contributed by atoms with Crippen LogP contribution in [-0.4, -0.2) is 34.3 Å². The normalized spacial score (nSPS) is 13.3. The molecule has 2 aromatic heterocycles. The van der Waals surface area contributed by atoms with Crippen LogP contribution in [0.5, 0.6) is 0 Å². The zero-order valence-corrected chi connectivity index (χ0v) is 14.4. The van der Waals surface area contributed by atoms with E-state index in [1.54, 1.807) is 29.2 Å². The van der Waals surface area contributed by atoms with Gasteiger partial charge in [-0.3, -0.25) is 10.2 Å². The summed E-state index contributed by atoms with van der Waals surface area (Å²) in [6.45, 7) is 1.22. The van der Waals surface area contributed by atoms with E-state index >= 15 is 0 Å². The molecule has 1 aliphatic heterocycles. The fourth-order valence-corrected chi connectivity index (χ4v) is 2.91. The van der Waals surface area contributed by atoms with Gasteiger partial charge in [-0.25, -0.2) is 14.2 Å². The number of benzene rings is 1. The smallest absolute Gasteiger partial charge is 0.328 e. The molecule has 0 aliphatic carbocycles. The highest BCUT2D eigenvalue weighted by Gasteiger charge is 2.23. The molecule has 27 heavy (non-hydrogen) atoms. The summed E-state index contributed by atoms with van der Waals surface area (Å²) >= 11 is 0. The van der Waals surface area contributed by atoms with Crippen molar-refractivity contribution in [3.05, 3.63) is 60.5 Å². The third-order valence-corrected chi connectivity index (χ3v) is 4.18. The van der Waals surface area contributed by atoms with Crippen LogP contribution in [-0.2, 0) is 0 Å². The molecule has 4 rings (SSSR count). The van der Waals surface area contributed by atoms with Gasteiger partial charge in [0.2, 0.25) is 0 Å². The van der Waals surface area contributed by atoms with Gasteiger partial charge in [0.1, 0.15) is 5.82 Å². The highest BCUT2D eigenvalue weighted by molar-refractivity contribution is 6.02. The van der Waals surface area contributed by atoms with Gasteiger partial charge in [0, 0.05) is 24.8 Å². The van der Waals surface area contributed by atoms with Crippen LogP contribution in [0.4, 0.5) is 26.5 Å². The number of anilines is 3. The molecule has 0 saturated heterocycles. The Labute approximate surface area is 155 Å². The predicted molar refractivity (Wildman–Crippen MR) is 101 cm³/mol. The maximum absolute atomic E-state index is 13.6. The molecule has 0 radical (unpaired) electrons. The Morgan fingerprint density at radius 3 is 2.93 bits per heavy atom. The molecule has 3 heterocycles. The molecular weight excluding hydrogens is 347 g/mol. The van der Waals surface area contributed by atoms with Gasteiger partial charge in [-0.2, -0.15) is 5.10 Å². The predicted octanol–water partition coefficient (Wildman–Crippen LogP) is 3.53. The van der Waals surface area contributed by atoms with Crippen LogP contribution in [0, 0.1) is 5.82 Å². The summed E-state index contributed by atoms with van der Waals surface area (Å²) < 4.78 is 13.6. The molecule has 0 fully saturated rings. The van der Waals surface area contributed by atoms with Crippen LogP contribution in [0.1, 0.15) is 6.42 Å². The van der Waals surface area contributed by atoms with Gasteiger partial charge in [-0.05, 0) is 42.8 Å². The number of amides is 2. The number of hydrogen-bond donors (Lipinski definition) is 2. The summed E-state index contributed by atoms with van der Waals surface area (Å²) in [6, 6.07) is 12.9. The summed E-state index contributed by atoms with van der Waals surface area (Å²) in [7, 11) is 0. The summed E-state index contributed by atoms with van der Waals surface area (Å²) in [5, 5.41) is 13.7. The quantitative estimate of drug-likeness (QED) is 0.727. The van der Waals surface area contributed by atoms with Crippen molar-refractivity contribution in [3.8, 4) is 11.3 Å². The van der Waals surface area contributed by atoms with E-state index in [9.17, 15) is 9.18 Å². The van der Waals surface area contributed by atoms with E-state index in [1.165, 1.54) is 18.3 Å². The van der Waals surface area contributed by atoms with Gasteiger partial charge >= 0.3 is 6.03 Å². The van der Waals surface area contributed by atoms with Crippen molar-refractivity contribution in [1.29, 1.82) is 0 Å². The van der Waals surface area contributed by atoms with E-state index in [2.05, 4.69) is 25.8 Å². The first kappa shape index (κ1) is 16.9. The number of carbonyl (C=O) groups is 1. The van der Waals surface area contributed by atoms with Gasteiger partial charge in [-0.15, -0.1) is 5.10 Å². The number of carbonyl (C=O) groups excluding carboxylic acids is 1. The summed E-state index contributed by atoms with van der Waals surface area (Å²) in [4.78, 5) is 19.0. The molecule has 0 spiro atoms. The standard InChI is InChI=1S/C19H17FN6O/c20-14-5-1-4-13(12-14)15-7-8-16-18(23-15)26(11-3-9-21-16)19(27)24-17-6-2-10-22-25-17/h1-2,4-8,10,12,21H,3,9,11H2,(H,24,25,27). The largest absolute Gasteiger partial charge is 0.382 e. The van der Waals surface area contributed by atoms with Crippen molar-refractivity contribution < 1.29 is 9.18 Å². The number of urea groups is 1. The van der Waals surface area contributed by atoms with Crippen molar-refractivity contribution >= 4 is 23.4 Å². The van der Waals surface area contributed by atoms with Crippen LogP contribution >= 0.6 is 0 Å². The van der Waals surface area contributed by atoms with Crippen LogP contribution < -0.4 is 15.5 Å². The Hall–Kier alpha value is -3.55. The summed E-state index contributed by atoms with van der Waals surface area (Å²) in [5.74, 6) is 0.526. The Morgan fingerprint density at radius 1 is 1.19 bits per heavy atom. The minimum atomic E-state index is -0.343. The van der Waals surface area contributed by atoms with E-state index in [0.29, 0.717) is 29.4 Å². The Balaban J connectivity index is 1.69.